The van der Waals surface area contributed by atoms with E-state index in [-0.39, 0.29) is 18.1 Å². The lowest BCUT2D eigenvalue weighted by Crippen LogP contribution is -2.49. The third-order valence-corrected chi connectivity index (χ3v) is 5.18. The van der Waals surface area contributed by atoms with E-state index in [4.69, 9.17) is 4.74 Å². The van der Waals surface area contributed by atoms with Crippen LogP contribution in [-0.2, 0) is 4.79 Å². The molecule has 1 N–H and O–H groups in total. The zero-order chi connectivity index (χ0) is 21.8. The van der Waals surface area contributed by atoms with Crippen molar-refractivity contribution in [2.45, 2.75) is 0 Å². The Morgan fingerprint density at radius 1 is 1.13 bits per heavy atom. The maximum atomic E-state index is 13.7. The van der Waals surface area contributed by atoms with Gasteiger partial charge in [-0.15, -0.1) is 0 Å². The van der Waals surface area contributed by atoms with Crippen molar-refractivity contribution in [3.8, 4) is 11.4 Å². The van der Waals surface area contributed by atoms with E-state index >= 15 is 0 Å². The van der Waals surface area contributed by atoms with Crippen molar-refractivity contribution in [3.05, 3.63) is 66.5 Å². The molecular weight excluding hydrogens is 404 g/mol. The number of ether oxygens (including phenoxy) is 1. The van der Waals surface area contributed by atoms with Crippen LogP contribution in [0.5, 0.6) is 5.75 Å². The summed E-state index contributed by atoms with van der Waals surface area (Å²) in [7, 11) is 1.63. The van der Waals surface area contributed by atoms with Gasteiger partial charge in [0.1, 0.15) is 17.4 Å². The van der Waals surface area contributed by atoms with Gasteiger partial charge in [-0.05, 0) is 24.3 Å². The van der Waals surface area contributed by atoms with E-state index < -0.39 is 11.6 Å². The lowest BCUT2D eigenvalue weighted by molar-refractivity contribution is -0.117. The number of methoxy groups -OCH3 is 1. The predicted octanol–water partition coefficient (Wildman–Crippen LogP) is 2.92. The zero-order valence-electron chi connectivity index (χ0n) is 17.1. The molecule has 1 aromatic heterocycles. The minimum atomic E-state index is -0.789. The van der Waals surface area contributed by atoms with Crippen LogP contribution in [0.15, 0.2) is 54.9 Å². The van der Waals surface area contributed by atoms with Crippen molar-refractivity contribution in [1.29, 1.82) is 0 Å². The molecule has 2 aromatic carbocycles. The summed E-state index contributed by atoms with van der Waals surface area (Å²) >= 11 is 0. The van der Waals surface area contributed by atoms with Gasteiger partial charge < -0.3 is 15.0 Å². The van der Waals surface area contributed by atoms with Gasteiger partial charge in [-0.2, -0.15) is 0 Å². The fourth-order valence-corrected chi connectivity index (χ4v) is 3.58. The minimum Gasteiger partial charge on any atom is -0.497 e. The molecule has 0 radical (unpaired) electrons. The highest BCUT2D eigenvalue weighted by Crippen LogP contribution is 2.23. The number of amides is 1. The van der Waals surface area contributed by atoms with E-state index in [1.54, 1.807) is 13.3 Å². The highest BCUT2D eigenvalue weighted by molar-refractivity contribution is 5.92. The van der Waals surface area contributed by atoms with Gasteiger partial charge in [-0.1, -0.05) is 6.07 Å². The van der Waals surface area contributed by atoms with Crippen LogP contribution in [0, 0.1) is 11.6 Å². The number of benzene rings is 2. The molecule has 1 aliphatic rings. The van der Waals surface area contributed by atoms with Crippen LogP contribution in [0.3, 0.4) is 0 Å². The third kappa shape index (κ3) is 4.83. The highest BCUT2D eigenvalue weighted by atomic mass is 19.1. The summed E-state index contributed by atoms with van der Waals surface area (Å²) < 4.78 is 34.1. The van der Waals surface area contributed by atoms with Crippen molar-refractivity contribution < 1.29 is 18.3 Å². The lowest BCUT2D eigenvalue weighted by atomic mass is 10.2. The molecule has 7 nitrogen and oxygen atoms in total. The summed E-state index contributed by atoms with van der Waals surface area (Å²) in [5, 5.41) is 2.50. The summed E-state index contributed by atoms with van der Waals surface area (Å²) in [5.41, 5.74) is 0.931. The fraction of sp³-hybridized carbons (Fsp3) is 0.273. The molecule has 3 aromatic rings. The lowest BCUT2D eigenvalue weighted by Gasteiger charge is -2.35. The quantitative estimate of drug-likeness (QED) is 0.656. The number of hydrogen-bond acceptors (Lipinski definition) is 5. The molecule has 0 aliphatic carbocycles. The Morgan fingerprint density at radius 3 is 2.68 bits per heavy atom. The van der Waals surface area contributed by atoms with E-state index in [0.717, 1.165) is 29.5 Å². The molecule has 2 heterocycles. The SMILES string of the molecule is COc1cccc(-n2ccnc2N2CCN(CC(=O)Nc3ccc(F)cc3F)CC2)c1. The molecule has 4 rings (SSSR count). The second-order valence-corrected chi connectivity index (χ2v) is 7.23. The number of imidazole rings is 1. The van der Waals surface area contributed by atoms with E-state index in [9.17, 15) is 13.6 Å². The molecule has 0 spiro atoms. The number of hydrogen-bond donors (Lipinski definition) is 1. The molecule has 1 amide bonds. The van der Waals surface area contributed by atoms with Gasteiger partial charge in [0, 0.05) is 50.7 Å². The van der Waals surface area contributed by atoms with Crippen molar-refractivity contribution in [3.63, 3.8) is 0 Å². The van der Waals surface area contributed by atoms with Gasteiger partial charge in [0.25, 0.3) is 0 Å². The van der Waals surface area contributed by atoms with Crippen LogP contribution in [0.2, 0.25) is 0 Å². The molecule has 1 fully saturated rings. The summed E-state index contributed by atoms with van der Waals surface area (Å²) in [6.07, 6.45) is 3.66. The van der Waals surface area contributed by atoms with Crippen molar-refractivity contribution in [1.82, 2.24) is 14.5 Å². The van der Waals surface area contributed by atoms with Crippen LogP contribution in [0.4, 0.5) is 20.4 Å². The number of anilines is 2. The topological polar surface area (TPSA) is 62.6 Å². The Morgan fingerprint density at radius 2 is 1.94 bits per heavy atom. The number of nitrogens with zero attached hydrogens (tertiary/aromatic N) is 4. The summed E-state index contributed by atoms with van der Waals surface area (Å²) in [5.74, 6) is -0.213. The molecular formula is C22H23F2N5O2. The van der Waals surface area contributed by atoms with Crippen molar-refractivity contribution in [2.24, 2.45) is 0 Å². The minimum absolute atomic E-state index is 0.0228. The zero-order valence-corrected chi connectivity index (χ0v) is 17.1. The normalized spacial score (nSPS) is 14.5. The van der Waals surface area contributed by atoms with Gasteiger partial charge in [-0.25, -0.2) is 13.8 Å². The van der Waals surface area contributed by atoms with E-state index in [1.807, 2.05) is 39.9 Å². The van der Waals surface area contributed by atoms with Crippen LogP contribution in [0.1, 0.15) is 0 Å². The van der Waals surface area contributed by atoms with Gasteiger partial charge in [0.05, 0.1) is 25.0 Å². The van der Waals surface area contributed by atoms with Crippen LogP contribution >= 0.6 is 0 Å². The molecule has 1 saturated heterocycles. The first-order chi connectivity index (χ1) is 15.0. The van der Waals surface area contributed by atoms with Gasteiger partial charge in [0.2, 0.25) is 11.9 Å². The monoisotopic (exact) mass is 427 g/mol. The van der Waals surface area contributed by atoms with E-state index in [0.29, 0.717) is 26.2 Å². The van der Waals surface area contributed by atoms with Gasteiger partial charge in [0.15, 0.2) is 0 Å². The summed E-state index contributed by atoms with van der Waals surface area (Å²) in [4.78, 5) is 20.9. The maximum Gasteiger partial charge on any atom is 0.238 e. The molecule has 162 valence electrons. The average Bonchev–Trinajstić information content (AvgIpc) is 3.26. The first-order valence-electron chi connectivity index (χ1n) is 9.93. The highest BCUT2D eigenvalue weighted by Gasteiger charge is 2.22. The van der Waals surface area contributed by atoms with Crippen LogP contribution < -0.4 is 15.0 Å². The average molecular weight is 427 g/mol. The summed E-state index contributed by atoms with van der Waals surface area (Å²) in [6, 6.07) is 10.8. The number of rotatable bonds is 6. The Bertz CT molecular complexity index is 1060. The molecule has 31 heavy (non-hydrogen) atoms. The van der Waals surface area contributed by atoms with Crippen LogP contribution in [0.25, 0.3) is 5.69 Å². The number of nitrogens with one attached hydrogen (secondary N) is 1. The number of piperazine rings is 1. The van der Waals surface area contributed by atoms with Gasteiger partial charge >= 0.3 is 0 Å². The van der Waals surface area contributed by atoms with E-state index in [2.05, 4.69) is 15.2 Å². The Labute approximate surface area is 178 Å². The fourth-order valence-electron chi connectivity index (χ4n) is 3.58. The Hall–Kier alpha value is -3.46. The third-order valence-electron chi connectivity index (χ3n) is 5.18. The van der Waals surface area contributed by atoms with E-state index in [1.165, 1.54) is 6.07 Å². The van der Waals surface area contributed by atoms with Crippen molar-refractivity contribution >= 4 is 17.5 Å². The number of aromatic nitrogens is 2. The maximum absolute atomic E-state index is 13.7. The number of carbonyl (C=O) groups excluding carboxylic acids is 1. The summed E-state index contributed by atoms with van der Waals surface area (Å²) in [6.45, 7) is 2.84. The predicted molar refractivity (Wildman–Crippen MR) is 114 cm³/mol. The molecule has 9 heteroatoms. The van der Waals surface area contributed by atoms with Crippen molar-refractivity contribution in [2.75, 3.05) is 50.1 Å². The molecule has 0 bridgehead atoms. The number of carbonyl (C=O) groups is 1. The Balaban J connectivity index is 1.35. The first kappa shape index (κ1) is 20.8. The molecule has 0 saturated carbocycles. The molecule has 0 atom stereocenters. The first-order valence-corrected chi connectivity index (χ1v) is 9.93. The van der Waals surface area contributed by atoms with Gasteiger partial charge in [-0.3, -0.25) is 14.3 Å². The second-order valence-electron chi connectivity index (χ2n) is 7.23. The number of halogens is 2. The smallest absolute Gasteiger partial charge is 0.238 e. The molecule has 0 unspecified atom stereocenters. The largest absolute Gasteiger partial charge is 0.497 e. The molecule has 1 aliphatic heterocycles. The standard InChI is InChI=1S/C22H23F2N5O2/c1-31-18-4-2-3-17(14-18)29-8-7-25-22(29)28-11-9-27(10-12-28)15-21(30)26-20-6-5-16(23)13-19(20)24/h2-8,13-14H,9-12,15H2,1H3,(H,26,30). The van der Waals surface area contributed by atoms with Crippen LogP contribution in [-0.4, -0.2) is 60.2 Å². The second kappa shape index (κ2) is 9.13. The Kier molecular flexibility index (Phi) is 6.13.